The average Bonchev–Trinajstić information content (AvgIpc) is 2.90. The van der Waals surface area contributed by atoms with E-state index in [1.807, 2.05) is 30.3 Å². The molecule has 1 heterocycles. The van der Waals surface area contributed by atoms with Crippen LogP contribution in [-0.2, 0) is 9.63 Å². The molecule has 20 heavy (non-hydrogen) atoms. The zero-order chi connectivity index (χ0) is 14.5. The van der Waals surface area contributed by atoms with Crippen LogP contribution in [0.1, 0.15) is 5.56 Å². The van der Waals surface area contributed by atoms with Crippen molar-refractivity contribution in [1.82, 2.24) is 16.0 Å². The fraction of sp³-hybridized carbons (Fsp3) is 0.308. The van der Waals surface area contributed by atoms with Crippen molar-refractivity contribution in [3.63, 3.8) is 0 Å². The lowest BCUT2D eigenvalue weighted by Crippen LogP contribution is -2.49. The van der Waals surface area contributed by atoms with E-state index in [4.69, 9.17) is 4.84 Å². The van der Waals surface area contributed by atoms with Crippen molar-refractivity contribution in [3.8, 4) is 0 Å². The number of benzene rings is 1. The summed E-state index contributed by atoms with van der Waals surface area (Å²) in [5.74, 6) is -0.966. The van der Waals surface area contributed by atoms with Gasteiger partial charge in [-0.1, -0.05) is 35.5 Å². The Kier molecular flexibility index (Phi) is 4.19. The Labute approximate surface area is 116 Å². The molecule has 106 valence electrons. The predicted octanol–water partition coefficient (Wildman–Crippen LogP) is 0.0382. The molecule has 0 radical (unpaired) electrons. The number of rotatable bonds is 3. The number of amides is 3. The van der Waals surface area contributed by atoms with Gasteiger partial charge in [-0.25, -0.2) is 4.79 Å². The number of urea groups is 1. The van der Waals surface area contributed by atoms with Crippen LogP contribution >= 0.6 is 0 Å². The average molecular weight is 276 g/mol. The van der Waals surface area contributed by atoms with Gasteiger partial charge in [-0.15, -0.1) is 0 Å². The second kappa shape index (κ2) is 6.05. The highest BCUT2D eigenvalue weighted by molar-refractivity contribution is 6.14. The van der Waals surface area contributed by atoms with Crippen molar-refractivity contribution in [1.29, 1.82) is 0 Å². The van der Waals surface area contributed by atoms with Gasteiger partial charge in [0, 0.05) is 19.7 Å². The first kappa shape index (κ1) is 13.9. The SMILES string of the molecule is CNC(=O)N[C@@H]1ON=C(c2ccccc2)[C@@H]1C(=O)NC. The van der Waals surface area contributed by atoms with Crippen LogP contribution in [0, 0.1) is 5.92 Å². The summed E-state index contributed by atoms with van der Waals surface area (Å²) in [6, 6.07) is 8.79. The van der Waals surface area contributed by atoms with E-state index in [9.17, 15) is 9.59 Å². The molecule has 3 N–H and O–H groups in total. The molecule has 0 spiro atoms. The van der Waals surface area contributed by atoms with Crippen LogP contribution < -0.4 is 16.0 Å². The molecule has 1 aromatic rings. The normalized spacial score (nSPS) is 20.6. The highest BCUT2D eigenvalue weighted by Crippen LogP contribution is 2.22. The van der Waals surface area contributed by atoms with Crippen molar-refractivity contribution >= 4 is 17.6 Å². The van der Waals surface area contributed by atoms with Crippen molar-refractivity contribution in [2.75, 3.05) is 14.1 Å². The van der Waals surface area contributed by atoms with Crippen molar-refractivity contribution in [2.45, 2.75) is 6.23 Å². The molecule has 2 atom stereocenters. The molecular formula is C13H16N4O3. The van der Waals surface area contributed by atoms with Gasteiger partial charge in [0.2, 0.25) is 12.1 Å². The first-order chi connectivity index (χ1) is 9.67. The van der Waals surface area contributed by atoms with E-state index in [1.165, 1.54) is 14.1 Å². The lowest BCUT2D eigenvalue weighted by molar-refractivity contribution is -0.125. The molecule has 1 aliphatic rings. The van der Waals surface area contributed by atoms with Crippen molar-refractivity contribution in [2.24, 2.45) is 11.1 Å². The zero-order valence-electron chi connectivity index (χ0n) is 11.2. The van der Waals surface area contributed by atoms with E-state index in [1.54, 1.807) is 0 Å². The zero-order valence-corrected chi connectivity index (χ0v) is 11.2. The number of nitrogens with zero attached hydrogens (tertiary/aromatic N) is 1. The smallest absolute Gasteiger partial charge is 0.317 e. The van der Waals surface area contributed by atoms with Crippen LogP contribution in [0.4, 0.5) is 4.79 Å². The van der Waals surface area contributed by atoms with E-state index in [0.29, 0.717) is 5.71 Å². The quantitative estimate of drug-likeness (QED) is 0.727. The lowest BCUT2D eigenvalue weighted by atomic mass is 9.95. The van der Waals surface area contributed by atoms with Gasteiger partial charge in [0.1, 0.15) is 11.6 Å². The van der Waals surface area contributed by atoms with Gasteiger partial charge in [0.05, 0.1) is 0 Å². The molecule has 3 amide bonds. The maximum absolute atomic E-state index is 12.0. The minimum atomic E-state index is -0.829. The van der Waals surface area contributed by atoms with Gasteiger partial charge < -0.3 is 15.5 Å². The first-order valence-electron chi connectivity index (χ1n) is 6.16. The summed E-state index contributed by atoms with van der Waals surface area (Å²) in [6.45, 7) is 0. The maximum atomic E-state index is 12.0. The summed E-state index contributed by atoms with van der Waals surface area (Å²) in [6.07, 6.45) is -0.829. The molecule has 0 bridgehead atoms. The molecule has 0 fully saturated rings. The largest absolute Gasteiger partial charge is 0.369 e. The summed E-state index contributed by atoms with van der Waals surface area (Å²) in [4.78, 5) is 28.6. The van der Waals surface area contributed by atoms with E-state index in [-0.39, 0.29) is 5.91 Å². The predicted molar refractivity (Wildman–Crippen MR) is 73.0 cm³/mol. The number of oxime groups is 1. The lowest BCUT2D eigenvalue weighted by Gasteiger charge is -2.18. The molecule has 0 unspecified atom stereocenters. The number of nitrogens with one attached hydrogen (secondary N) is 3. The molecule has 1 aromatic carbocycles. The molecule has 2 rings (SSSR count). The minimum absolute atomic E-state index is 0.272. The Morgan fingerprint density at radius 3 is 2.45 bits per heavy atom. The fourth-order valence-electron chi connectivity index (χ4n) is 1.94. The van der Waals surface area contributed by atoms with Crippen LogP contribution in [0.5, 0.6) is 0 Å². The number of carbonyl (C=O) groups excluding carboxylic acids is 2. The monoisotopic (exact) mass is 276 g/mol. The summed E-state index contributed by atoms with van der Waals surface area (Å²) >= 11 is 0. The number of hydrogen-bond acceptors (Lipinski definition) is 4. The van der Waals surface area contributed by atoms with Crippen molar-refractivity contribution in [3.05, 3.63) is 35.9 Å². The van der Waals surface area contributed by atoms with Gasteiger partial charge in [-0.05, 0) is 0 Å². The Morgan fingerprint density at radius 2 is 1.85 bits per heavy atom. The fourth-order valence-corrected chi connectivity index (χ4v) is 1.94. The van der Waals surface area contributed by atoms with Crippen LogP contribution in [-0.4, -0.2) is 38.0 Å². The second-order valence-electron chi connectivity index (χ2n) is 4.18. The van der Waals surface area contributed by atoms with Gasteiger partial charge in [0.15, 0.2) is 0 Å². The third-order valence-corrected chi connectivity index (χ3v) is 2.96. The molecule has 0 saturated carbocycles. The third kappa shape index (κ3) is 2.71. The summed E-state index contributed by atoms with van der Waals surface area (Å²) < 4.78 is 0. The van der Waals surface area contributed by atoms with E-state index in [0.717, 1.165) is 5.56 Å². The highest BCUT2D eigenvalue weighted by Gasteiger charge is 2.40. The minimum Gasteiger partial charge on any atom is -0.369 e. The van der Waals surface area contributed by atoms with Gasteiger partial charge in [0.25, 0.3) is 0 Å². The molecule has 0 aliphatic carbocycles. The summed E-state index contributed by atoms with van der Waals surface area (Å²) in [5, 5.41) is 11.5. The van der Waals surface area contributed by atoms with Crippen LogP contribution in [0.3, 0.4) is 0 Å². The Balaban J connectivity index is 2.25. The van der Waals surface area contributed by atoms with Gasteiger partial charge in [-0.2, -0.15) is 0 Å². The van der Waals surface area contributed by atoms with Crippen LogP contribution in [0.25, 0.3) is 0 Å². The molecule has 7 heteroatoms. The Bertz CT molecular complexity index is 530. The van der Waals surface area contributed by atoms with Gasteiger partial charge >= 0.3 is 6.03 Å². The molecular weight excluding hydrogens is 260 g/mol. The number of carbonyl (C=O) groups is 2. The van der Waals surface area contributed by atoms with E-state index >= 15 is 0 Å². The molecule has 1 aliphatic heterocycles. The second-order valence-corrected chi connectivity index (χ2v) is 4.18. The maximum Gasteiger partial charge on any atom is 0.317 e. The molecule has 7 nitrogen and oxygen atoms in total. The standard InChI is InChI=1S/C13H16N4O3/c1-14-11(18)9-10(8-6-4-3-5-7-8)17-20-12(9)16-13(19)15-2/h3-7,9,12H,1-2H3,(H,14,18)(H2,15,16,19)/t9-,12-/m1/s1. The summed E-state index contributed by atoms with van der Waals surface area (Å²) in [5.41, 5.74) is 1.27. The summed E-state index contributed by atoms with van der Waals surface area (Å²) in [7, 11) is 3.01. The Morgan fingerprint density at radius 1 is 1.15 bits per heavy atom. The first-order valence-corrected chi connectivity index (χ1v) is 6.16. The Hall–Kier alpha value is -2.57. The molecule has 0 saturated heterocycles. The number of hydrogen-bond donors (Lipinski definition) is 3. The van der Waals surface area contributed by atoms with E-state index in [2.05, 4.69) is 21.1 Å². The van der Waals surface area contributed by atoms with Crippen LogP contribution in [0.15, 0.2) is 35.5 Å². The van der Waals surface area contributed by atoms with E-state index < -0.39 is 18.2 Å². The highest BCUT2D eigenvalue weighted by atomic mass is 16.7. The molecule has 0 aromatic heterocycles. The van der Waals surface area contributed by atoms with Crippen molar-refractivity contribution < 1.29 is 14.4 Å². The van der Waals surface area contributed by atoms with Gasteiger partial charge in [-0.3, -0.25) is 10.1 Å². The third-order valence-electron chi connectivity index (χ3n) is 2.96. The topological polar surface area (TPSA) is 91.8 Å². The van der Waals surface area contributed by atoms with Crippen LogP contribution in [0.2, 0.25) is 0 Å².